The smallest absolute Gasteiger partial charge is 0.246 e. The van der Waals surface area contributed by atoms with E-state index in [1.54, 1.807) is 45.3 Å². The second kappa shape index (κ2) is 20.5. The van der Waals surface area contributed by atoms with E-state index in [1.807, 2.05) is 13.8 Å². The van der Waals surface area contributed by atoms with Gasteiger partial charge in [0.2, 0.25) is 17.7 Å². The standard InChI is InChI=1S/C13H19N3O3.C8H11NO3.C2H6/c1-9(14-2)13(19)15-7-12(18)16-11-5-3-10(8-17)4-6-11;1-9(5-3-7-11)8(12)4-2-6-10;1-2/h3-6,9,14,17H,7-8H2,1-2H3,(H,15,19)(H,16,18);2,4,6-7H,3,5H2,1H3;1-2H3/b;4-2-;. The molecule has 1 atom stereocenters. The van der Waals surface area contributed by atoms with Crippen molar-refractivity contribution in [2.24, 2.45) is 0 Å². The number of carbonyl (C=O) groups excluding carboxylic acids is 5. The number of allylic oxidation sites excluding steroid dienone is 1. The lowest BCUT2D eigenvalue weighted by molar-refractivity contribution is -0.125. The summed E-state index contributed by atoms with van der Waals surface area (Å²) < 4.78 is 0. The predicted octanol–water partition coefficient (Wildman–Crippen LogP) is 0.657. The van der Waals surface area contributed by atoms with Crippen LogP contribution in [-0.4, -0.2) is 73.5 Å². The van der Waals surface area contributed by atoms with Crippen LogP contribution in [0.5, 0.6) is 0 Å². The highest BCUT2D eigenvalue weighted by molar-refractivity contribution is 5.95. The Kier molecular flexibility index (Phi) is 19.8. The number of aliphatic hydroxyl groups excluding tert-OH is 1. The fourth-order valence-electron chi connectivity index (χ4n) is 1.96. The minimum atomic E-state index is -0.336. The Morgan fingerprint density at radius 3 is 2.21 bits per heavy atom. The number of hydrogen-bond donors (Lipinski definition) is 4. The average Bonchev–Trinajstić information content (AvgIpc) is 2.85. The molecule has 0 saturated carbocycles. The minimum Gasteiger partial charge on any atom is -0.392 e. The van der Waals surface area contributed by atoms with Crippen LogP contribution in [0.1, 0.15) is 32.8 Å². The highest BCUT2D eigenvalue weighted by atomic mass is 16.3. The average molecular weight is 465 g/mol. The summed E-state index contributed by atoms with van der Waals surface area (Å²) in [7, 11) is 3.24. The summed E-state index contributed by atoms with van der Waals surface area (Å²) in [4.78, 5) is 55.1. The third-order valence-electron chi connectivity index (χ3n) is 3.95. The molecule has 10 nitrogen and oxygen atoms in total. The summed E-state index contributed by atoms with van der Waals surface area (Å²) in [5.41, 5.74) is 1.40. The molecule has 0 bridgehead atoms. The monoisotopic (exact) mass is 464 g/mol. The second-order valence-corrected chi connectivity index (χ2v) is 6.34. The number of hydrogen-bond acceptors (Lipinski definition) is 7. The van der Waals surface area contributed by atoms with Gasteiger partial charge in [0.15, 0.2) is 0 Å². The number of carbonyl (C=O) groups is 5. The molecule has 10 heteroatoms. The molecular weight excluding hydrogens is 428 g/mol. The van der Waals surface area contributed by atoms with Crippen molar-refractivity contribution in [1.82, 2.24) is 15.5 Å². The molecule has 0 radical (unpaired) electrons. The number of rotatable bonds is 11. The highest BCUT2D eigenvalue weighted by Crippen LogP contribution is 2.09. The Hall–Kier alpha value is -3.37. The molecular formula is C23H36N4O6. The van der Waals surface area contributed by atoms with Crippen LogP contribution in [0.2, 0.25) is 0 Å². The van der Waals surface area contributed by atoms with Crippen LogP contribution in [0, 0.1) is 0 Å². The number of nitrogens with zero attached hydrogens (tertiary/aromatic N) is 1. The first kappa shape index (κ1) is 31.8. The summed E-state index contributed by atoms with van der Waals surface area (Å²) in [6, 6.07) is 6.49. The lowest BCUT2D eigenvalue weighted by Gasteiger charge is -2.12. The van der Waals surface area contributed by atoms with Gasteiger partial charge in [-0.15, -0.1) is 0 Å². The van der Waals surface area contributed by atoms with Crippen molar-refractivity contribution in [1.29, 1.82) is 0 Å². The van der Waals surface area contributed by atoms with Crippen molar-refractivity contribution >= 4 is 36.0 Å². The van der Waals surface area contributed by atoms with Crippen LogP contribution in [0.3, 0.4) is 0 Å². The molecule has 3 amide bonds. The van der Waals surface area contributed by atoms with E-state index in [2.05, 4.69) is 16.0 Å². The van der Waals surface area contributed by atoms with Gasteiger partial charge in [-0.3, -0.25) is 19.2 Å². The maximum atomic E-state index is 11.6. The molecule has 0 aliphatic heterocycles. The van der Waals surface area contributed by atoms with Crippen molar-refractivity contribution in [3.63, 3.8) is 0 Å². The Labute approximate surface area is 195 Å². The van der Waals surface area contributed by atoms with E-state index < -0.39 is 0 Å². The topological polar surface area (TPSA) is 145 Å². The van der Waals surface area contributed by atoms with Crippen LogP contribution >= 0.6 is 0 Å². The molecule has 0 aliphatic rings. The Morgan fingerprint density at radius 2 is 1.73 bits per heavy atom. The fraction of sp³-hybridized carbons (Fsp3) is 0.435. The van der Waals surface area contributed by atoms with Gasteiger partial charge in [-0.05, 0) is 37.7 Å². The van der Waals surface area contributed by atoms with Crippen LogP contribution in [0.25, 0.3) is 0 Å². The molecule has 0 saturated heterocycles. The summed E-state index contributed by atoms with van der Waals surface area (Å²) in [6.07, 6.45) is 3.88. The van der Waals surface area contributed by atoms with Gasteiger partial charge < -0.3 is 30.8 Å². The molecule has 0 heterocycles. The number of benzene rings is 1. The first-order chi connectivity index (χ1) is 15.8. The zero-order valence-corrected chi connectivity index (χ0v) is 20.0. The number of likely N-dealkylation sites (N-methyl/N-ethyl adjacent to an activating group) is 2. The first-order valence-electron chi connectivity index (χ1n) is 10.5. The van der Waals surface area contributed by atoms with Gasteiger partial charge in [0.05, 0.1) is 19.2 Å². The molecule has 1 unspecified atom stereocenters. The number of amides is 3. The van der Waals surface area contributed by atoms with E-state index in [0.717, 1.165) is 24.0 Å². The zero-order valence-electron chi connectivity index (χ0n) is 20.0. The van der Waals surface area contributed by atoms with E-state index >= 15 is 0 Å². The van der Waals surface area contributed by atoms with Crippen molar-refractivity contribution in [3.05, 3.63) is 42.0 Å². The molecule has 184 valence electrons. The Bertz CT molecular complexity index is 750. The van der Waals surface area contributed by atoms with Crippen molar-refractivity contribution in [2.45, 2.75) is 39.8 Å². The van der Waals surface area contributed by atoms with Crippen LogP contribution < -0.4 is 16.0 Å². The lowest BCUT2D eigenvalue weighted by atomic mass is 10.2. The van der Waals surface area contributed by atoms with Gasteiger partial charge in [-0.25, -0.2) is 0 Å². The minimum absolute atomic E-state index is 0.0355. The summed E-state index contributed by atoms with van der Waals surface area (Å²) in [5.74, 6) is -0.800. The van der Waals surface area contributed by atoms with Gasteiger partial charge >= 0.3 is 0 Å². The van der Waals surface area contributed by atoms with Crippen molar-refractivity contribution in [3.8, 4) is 0 Å². The zero-order chi connectivity index (χ0) is 25.6. The Morgan fingerprint density at radius 1 is 1.12 bits per heavy atom. The molecule has 1 aromatic carbocycles. The highest BCUT2D eigenvalue weighted by Gasteiger charge is 2.11. The first-order valence-corrected chi connectivity index (χ1v) is 10.5. The maximum Gasteiger partial charge on any atom is 0.246 e. The van der Waals surface area contributed by atoms with Crippen LogP contribution in [0.4, 0.5) is 5.69 Å². The van der Waals surface area contributed by atoms with E-state index in [4.69, 9.17) is 5.11 Å². The van der Waals surface area contributed by atoms with Crippen molar-refractivity contribution < 1.29 is 29.1 Å². The summed E-state index contributed by atoms with van der Waals surface area (Å²) in [6.45, 7) is 5.98. The van der Waals surface area contributed by atoms with Crippen LogP contribution in [-0.2, 0) is 30.6 Å². The molecule has 1 rings (SSSR count). The van der Waals surface area contributed by atoms with Crippen molar-refractivity contribution in [2.75, 3.05) is 32.5 Å². The van der Waals surface area contributed by atoms with Gasteiger partial charge in [0, 0.05) is 31.8 Å². The largest absolute Gasteiger partial charge is 0.392 e. The third kappa shape index (κ3) is 16.0. The fourth-order valence-corrected chi connectivity index (χ4v) is 1.96. The molecule has 0 spiro atoms. The number of aliphatic hydroxyl groups is 1. The van der Waals surface area contributed by atoms with E-state index in [0.29, 0.717) is 24.9 Å². The molecule has 1 aromatic rings. The molecule has 33 heavy (non-hydrogen) atoms. The predicted molar refractivity (Wildman–Crippen MR) is 127 cm³/mol. The molecule has 0 fully saturated rings. The third-order valence-corrected chi connectivity index (χ3v) is 3.95. The summed E-state index contributed by atoms with van der Waals surface area (Å²) >= 11 is 0. The van der Waals surface area contributed by atoms with Gasteiger partial charge in [-0.1, -0.05) is 26.0 Å². The quantitative estimate of drug-likeness (QED) is 0.278. The Balaban J connectivity index is 0. The van der Waals surface area contributed by atoms with E-state index in [9.17, 15) is 24.0 Å². The van der Waals surface area contributed by atoms with Gasteiger partial charge in [-0.2, -0.15) is 0 Å². The summed E-state index contributed by atoms with van der Waals surface area (Å²) in [5, 5.41) is 16.8. The number of nitrogens with one attached hydrogen (secondary N) is 3. The lowest BCUT2D eigenvalue weighted by Crippen LogP contribution is -2.43. The van der Waals surface area contributed by atoms with Gasteiger partial charge in [0.1, 0.15) is 12.6 Å². The SMILES string of the molecule is CC.CN(CCC=O)C(=O)/C=C\C=O.CNC(C)C(=O)NCC(=O)Nc1ccc(CO)cc1. The molecule has 4 N–H and O–H groups in total. The molecule has 0 aliphatic carbocycles. The van der Waals surface area contributed by atoms with Crippen LogP contribution in [0.15, 0.2) is 36.4 Å². The second-order valence-electron chi connectivity index (χ2n) is 6.34. The van der Waals surface area contributed by atoms with E-state index in [1.165, 1.54) is 4.90 Å². The normalized spacial score (nSPS) is 10.5. The number of aldehydes is 2. The van der Waals surface area contributed by atoms with E-state index in [-0.39, 0.29) is 36.9 Å². The van der Waals surface area contributed by atoms with Gasteiger partial charge in [0.25, 0.3) is 0 Å². The molecule has 0 aromatic heterocycles. The number of anilines is 1. The maximum absolute atomic E-state index is 11.6.